The van der Waals surface area contributed by atoms with Crippen molar-refractivity contribution in [2.75, 3.05) is 12.3 Å². The minimum absolute atomic E-state index is 0.0790. The third kappa shape index (κ3) is 4.58. The Kier molecular flexibility index (Phi) is 6.39. The van der Waals surface area contributed by atoms with E-state index >= 15 is 0 Å². The van der Waals surface area contributed by atoms with E-state index in [9.17, 15) is 9.59 Å². The molecule has 2 amide bonds. The van der Waals surface area contributed by atoms with Crippen molar-refractivity contribution in [3.8, 4) is 0 Å². The number of aromatic nitrogens is 1. The fourth-order valence-electron chi connectivity index (χ4n) is 2.27. The van der Waals surface area contributed by atoms with E-state index in [-0.39, 0.29) is 11.7 Å². The first-order valence-corrected chi connectivity index (χ1v) is 9.46. The summed E-state index contributed by atoms with van der Waals surface area (Å²) in [4.78, 5) is 29.4. The number of hydrogen-bond donors (Lipinski definition) is 2. The number of rotatable bonds is 7. The third-order valence-corrected chi connectivity index (χ3v) is 5.73. The first-order valence-electron chi connectivity index (χ1n) is 7.59. The van der Waals surface area contributed by atoms with Gasteiger partial charge in [-0.3, -0.25) is 9.59 Å². The highest BCUT2D eigenvalue weighted by molar-refractivity contribution is 8.00. The fourth-order valence-corrected chi connectivity index (χ4v) is 3.95. The number of amides is 2. The van der Waals surface area contributed by atoms with Crippen molar-refractivity contribution >= 4 is 34.9 Å². The summed E-state index contributed by atoms with van der Waals surface area (Å²) in [6.45, 7) is 6.26. The number of pyridine rings is 1. The first-order chi connectivity index (χ1) is 11.4. The Labute approximate surface area is 150 Å². The number of thiophene rings is 1. The lowest BCUT2D eigenvalue weighted by molar-refractivity contribution is -0.118. The standard InChI is InChI=1S/C17H21N3O2S2/c1-10-11(2)15(16(18)22)17(20-12(10)3)24-9-14(21)19-7-6-13-5-4-8-23-13/h4-5,8H,6-7,9H2,1-3H3,(H2,18,22)(H,19,21). The molecule has 0 radical (unpaired) electrons. The van der Waals surface area contributed by atoms with Gasteiger partial charge in [-0.1, -0.05) is 17.8 Å². The molecule has 2 heterocycles. The summed E-state index contributed by atoms with van der Waals surface area (Å²) in [6, 6.07) is 4.04. The molecule has 0 aliphatic heterocycles. The second-order valence-corrected chi connectivity index (χ2v) is 7.46. The average molecular weight is 364 g/mol. The van der Waals surface area contributed by atoms with E-state index in [4.69, 9.17) is 5.73 Å². The fraction of sp³-hybridized carbons (Fsp3) is 0.353. The van der Waals surface area contributed by atoms with Crippen LogP contribution in [0.4, 0.5) is 0 Å². The van der Waals surface area contributed by atoms with Crippen molar-refractivity contribution in [2.45, 2.75) is 32.2 Å². The highest BCUT2D eigenvalue weighted by Crippen LogP contribution is 2.26. The van der Waals surface area contributed by atoms with Gasteiger partial charge >= 0.3 is 0 Å². The van der Waals surface area contributed by atoms with Gasteiger partial charge in [0.15, 0.2) is 0 Å². The van der Waals surface area contributed by atoms with Crippen LogP contribution in [0.5, 0.6) is 0 Å². The second-order valence-electron chi connectivity index (χ2n) is 5.46. The van der Waals surface area contributed by atoms with Crippen molar-refractivity contribution in [3.05, 3.63) is 44.8 Å². The zero-order valence-corrected chi connectivity index (χ0v) is 15.6. The van der Waals surface area contributed by atoms with E-state index in [1.807, 2.05) is 38.3 Å². The molecule has 5 nitrogen and oxygen atoms in total. The van der Waals surface area contributed by atoms with E-state index in [0.717, 1.165) is 23.2 Å². The molecule has 0 spiro atoms. The van der Waals surface area contributed by atoms with Crippen LogP contribution in [-0.2, 0) is 11.2 Å². The van der Waals surface area contributed by atoms with Crippen LogP contribution in [-0.4, -0.2) is 29.1 Å². The molecule has 0 saturated heterocycles. The molecule has 0 bridgehead atoms. The minimum atomic E-state index is -0.510. The topological polar surface area (TPSA) is 85.1 Å². The molecule has 0 aliphatic carbocycles. The Morgan fingerprint density at radius 2 is 2.04 bits per heavy atom. The van der Waals surface area contributed by atoms with E-state index in [0.29, 0.717) is 17.1 Å². The summed E-state index contributed by atoms with van der Waals surface area (Å²) in [6.07, 6.45) is 0.821. The Balaban J connectivity index is 1.95. The molecule has 128 valence electrons. The number of aryl methyl sites for hydroxylation is 1. The van der Waals surface area contributed by atoms with Crippen LogP contribution in [0.3, 0.4) is 0 Å². The molecule has 0 aliphatic rings. The maximum absolute atomic E-state index is 12.0. The molecule has 2 aromatic rings. The molecule has 0 saturated carbocycles. The number of nitrogens with two attached hydrogens (primary N) is 1. The third-order valence-electron chi connectivity index (χ3n) is 3.82. The Hall–Kier alpha value is -1.86. The Morgan fingerprint density at radius 1 is 1.29 bits per heavy atom. The van der Waals surface area contributed by atoms with E-state index in [2.05, 4.69) is 10.3 Å². The highest BCUT2D eigenvalue weighted by atomic mass is 32.2. The highest BCUT2D eigenvalue weighted by Gasteiger charge is 2.18. The van der Waals surface area contributed by atoms with Gasteiger partial charge in [-0.05, 0) is 49.8 Å². The number of primary amides is 1. The van der Waals surface area contributed by atoms with Gasteiger partial charge in [-0.2, -0.15) is 0 Å². The molecule has 24 heavy (non-hydrogen) atoms. The van der Waals surface area contributed by atoms with E-state index < -0.39 is 5.91 Å². The smallest absolute Gasteiger partial charge is 0.251 e. The Bertz CT molecular complexity index is 743. The predicted octanol–water partition coefficient (Wildman–Crippen LogP) is 2.62. The van der Waals surface area contributed by atoms with E-state index in [1.165, 1.54) is 16.6 Å². The monoisotopic (exact) mass is 363 g/mol. The van der Waals surface area contributed by atoms with Crippen molar-refractivity contribution in [1.82, 2.24) is 10.3 Å². The van der Waals surface area contributed by atoms with Gasteiger partial charge in [0.05, 0.1) is 11.3 Å². The molecule has 0 fully saturated rings. The summed E-state index contributed by atoms with van der Waals surface area (Å²) in [5, 5.41) is 5.43. The zero-order valence-electron chi connectivity index (χ0n) is 14.0. The van der Waals surface area contributed by atoms with Gasteiger partial charge in [0.25, 0.3) is 5.91 Å². The van der Waals surface area contributed by atoms with Crippen LogP contribution in [0.15, 0.2) is 22.5 Å². The number of carbonyl (C=O) groups excluding carboxylic acids is 2. The lowest BCUT2D eigenvalue weighted by Crippen LogP contribution is -2.27. The van der Waals surface area contributed by atoms with Crippen molar-refractivity contribution in [2.24, 2.45) is 5.73 Å². The quantitative estimate of drug-likeness (QED) is 0.741. The van der Waals surface area contributed by atoms with Gasteiger partial charge in [0.1, 0.15) is 5.03 Å². The van der Waals surface area contributed by atoms with Crippen molar-refractivity contribution in [1.29, 1.82) is 0 Å². The van der Waals surface area contributed by atoms with Gasteiger partial charge in [-0.25, -0.2) is 4.98 Å². The lowest BCUT2D eigenvalue weighted by Gasteiger charge is -2.13. The van der Waals surface area contributed by atoms with Gasteiger partial charge < -0.3 is 11.1 Å². The average Bonchev–Trinajstić information content (AvgIpc) is 3.03. The first kappa shape index (κ1) is 18.5. The summed E-state index contributed by atoms with van der Waals surface area (Å²) in [7, 11) is 0. The van der Waals surface area contributed by atoms with Gasteiger partial charge in [0.2, 0.25) is 5.91 Å². The number of thioether (sulfide) groups is 1. The van der Waals surface area contributed by atoms with Gasteiger partial charge in [0, 0.05) is 17.1 Å². The normalized spacial score (nSPS) is 10.6. The summed E-state index contributed by atoms with van der Waals surface area (Å²) in [5.41, 5.74) is 8.52. The number of carbonyl (C=O) groups is 2. The number of hydrogen-bond acceptors (Lipinski definition) is 5. The largest absolute Gasteiger partial charge is 0.366 e. The zero-order chi connectivity index (χ0) is 17.7. The molecule has 2 aromatic heterocycles. The maximum atomic E-state index is 12.0. The number of nitrogens with one attached hydrogen (secondary N) is 1. The molecule has 0 aromatic carbocycles. The summed E-state index contributed by atoms with van der Waals surface area (Å²) < 4.78 is 0. The van der Waals surface area contributed by atoms with Crippen LogP contribution in [0.2, 0.25) is 0 Å². The van der Waals surface area contributed by atoms with E-state index in [1.54, 1.807) is 11.3 Å². The van der Waals surface area contributed by atoms with Crippen molar-refractivity contribution in [3.63, 3.8) is 0 Å². The van der Waals surface area contributed by atoms with Crippen LogP contribution in [0.25, 0.3) is 0 Å². The molecule has 3 N–H and O–H groups in total. The molecule has 2 rings (SSSR count). The maximum Gasteiger partial charge on any atom is 0.251 e. The SMILES string of the molecule is Cc1nc(SCC(=O)NCCc2cccs2)c(C(N)=O)c(C)c1C. The van der Waals surface area contributed by atoms with Crippen LogP contribution in [0, 0.1) is 20.8 Å². The summed E-state index contributed by atoms with van der Waals surface area (Å²) in [5.74, 6) is -0.381. The summed E-state index contributed by atoms with van der Waals surface area (Å²) >= 11 is 2.92. The molecular weight excluding hydrogens is 342 g/mol. The van der Waals surface area contributed by atoms with Gasteiger partial charge in [-0.15, -0.1) is 11.3 Å². The molecular formula is C17H21N3O2S2. The number of nitrogens with zero attached hydrogens (tertiary/aromatic N) is 1. The Morgan fingerprint density at radius 3 is 2.67 bits per heavy atom. The minimum Gasteiger partial charge on any atom is -0.366 e. The van der Waals surface area contributed by atoms with Crippen LogP contribution < -0.4 is 11.1 Å². The second kappa shape index (κ2) is 8.30. The van der Waals surface area contributed by atoms with Crippen LogP contribution in [0.1, 0.15) is 32.1 Å². The van der Waals surface area contributed by atoms with Crippen molar-refractivity contribution < 1.29 is 9.59 Å². The molecule has 0 unspecified atom stereocenters. The molecule has 0 atom stereocenters. The molecule has 7 heteroatoms. The van der Waals surface area contributed by atoms with Crippen LogP contribution >= 0.6 is 23.1 Å². The predicted molar refractivity (Wildman–Crippen MR) is 98.7 cm³/mol. The lowest BCUT2D eigenvalue weighted by atomic mass is 10.0.